The Labute approximate surface area is 210 Å². The lowest BCUT2D eigenvalue weighted by molar-refractivity contribution is -0.132. The molecule has 0 radical (unpaired) electrons. The molecule has 0 bridgehead atoms. The van der Waals surface area contributed by atoms with Gasteiger partial charge in [0.15, 0.2) is 11.5 Å². The molecule has 8 nitrogen and oxygen atoms in total. The van der Waals surface area contributed by atoms with E-state index in [0.717, 1.165) is 36.9 Å². The third-order valence-electron chi connectivity index (χ3n) is 6.75. The molecule has 1 N–H and O–H groups in total. The van der Waals surface area contributed by atoms with Crippen LogP contribution in [0, 0.1) is 5.92 Å². The van der Waals surface area contributed by atoms with Crippen LogP contribution in [0.25, 0.3) is 10.9 Å². The van der Waals surface area contributed by atoms with E-state index in [9.17, 15) is 14.4 Å². The second-order valence-corrected chi connectivity index (χ2v) is 9.21. The SMILES string of the molecule is CCOc1cc2[nH]c(=O)n(CCCC(=O)N3CCC(Cc4ccccc4)CC3)c(=O)c2cc1OCC. The van der Waals surface area contributed by atoms with Crippen LogP contribution in [0.15, 0.2) is 52.1 Å². The number of hydrogen-bond acceptors (Lipinski definition) is 5. The number of aromatic amines is 1. The van der Waals surface area contributed by atoms with Crippen molar-refractivity contribution in [2.24, 2.45) is 5.92 Å². The molecule has 0 atom stereocenters. The lowest BCUT2D eigenvalue weighted by atomic mass is 9.90. The van der Waals surface area contributed by atoms with E-state index < -0.39 is 11.2 Å². The van der Waals surface area contributed by atoms with Crippen LogP contribution in [-0.2, 0) is 17.8 Å². The zero-order valence-electron chi connectivity index (χ0n) is 21.1. The number of nitrogens with one attached hydrogen (secondary N) is 1. The fourth-order valence-electron chi connectivity index (χ4n) is 4.88. The molecule has 36 heavy (non-hydrogen) atoms. The Morgan fingerprint density at radius 2 is 1.67 bits per heavy atom. The maximum absolute atomic E-state index is 13.1. The number of piperidine rings is 1. The van der Waals surface area contributed by atoms with Crippen molar-refractivity contribution < 1.29 is 14.3 Å². The Morgan fingerprint density at radius 3 is 2.33 bits per heavy atom. The average molecular weight is 494 g/mol. The summed E-state index contributed by atoms with van der Waals surface area (Å²) in [4.78, 5) is 43.2. The predicted molar refractivity (Wildman–Crippen MR) is 140 cm³/mol. The zero-order valence-corrected chi connectivity index (χ0v) is 21.1. The van der Waals surface area contributed by atoms with Gasteiger partial charge in [0.25, 0.3) is 5.56 Å². The molecule has 0 saturated carbocycles. The third kappa shape index (κ3) is 5.98. The number of fused-ring (bicyclic) bond motifs is 1. The molecule has 1 amide bonds. The summed E-state index contributed by atoms with van der Waals surface area (Å²) in [6, 6.07) is 13.7. The predicted octanol–water partition coefficient (Wildman–Crippen LogP) is 3.75. The summed E-state index contributed by atoms with van der Waals surface area (Å²) >= 11 is 0. The molecule has 0 spiro atoms. The van der Waals surface area contributed by atoms with Gasteiger partial charge < -0.3 is 19.4 Å². The minimum Gasteiger partial charge on any atom is -0.490 e. The van der Waals surface area contributed by atoms with Gasteiger partial charge in [-0.2, -0.15) is 0 Å². The highest BCUT2D eigenvalue weighted by atomic mass is 16.5. The first-order valence-electron chi connectivity index (χ1n) is 12.9. The molecule has 0 unspecified atom stereocenters. The molecule has 1 saturated heterocycles. The molecule has 1 aromatic heterocycles. The third-order valence-corrected chi connectivity index (χ3v) is 6.75. The number of H-pyrrole nitrogens is 1. The van der Waals surface area contributed by atoms with Crippen LogP contribution < -0.4 is 20.7 Å². The normalized spacial score (nSPS) is 14.2. The number of likely N-dealkylation sites (tertiary alicyclic amines) is 1. The Bertz CT molecular complexity index is 1290. The van der Waals surface area contributed by atoms with Crippen LogP contribution in [-0.4, -0.2) is 46.7 Å². The monoisotopic (exact) mass is 493 g/mol. The number of carbonyl (C=O) groups excluding carboxylic acids is 1. The van der Waals surface area contributed by atoms with Gasteiger partial charge in [0.05, 0.1) is 24.1 Å². The van der Waals surface area contributed by atoms with E-state index in [0.29, 0.717) is 54.4 Å². The Morgan fingerprint density at radius 1 is 1.00 bits per heavy atom. The van der Waals surface area contributed by atoms with Crippen LogP contribution >= 0.6 is 0 Å². The quantitative estimate of drug-likeness (QED) is 0.464. The van der Waals surface area contributed by atoms with E-state index in [2.05, 4.69) is 29.2 Å². The highest BCUT2D eigenvalue weighted by Gasteiger charge is 2.23. The fourth-order valence-corrected chi connectivity index (χ4v) is 4.88. The number of carbonyl (C=O) groups is 1. The first kappa shape index (κ1) is 25.5. The standard InChI is InChI=1S/C28H35N3O5/c1-3-35-24-18-22-23(19-25(24)36-4-2)29-28(34)31(27(22)33)14-8-11-26(32)30-15-12-21(13-16-30)17-20-9-6-5-7-10-20/h5-7,9-10,18-19,21H,3-4,8,11-17H2,1-2H3,(H,29,34). The van der Waals surface area contributed by atoms with Crippen molar-refractivity contribution in [3.8, 4) is 11.5 Å². The van der Waals surface area contributed by atoms with Gasteiger partial charge in [-0.3, -0.25) is 14.2 Å². The smallest absolute Gasteiger partial charge is 0.328 e. The number of aromatic nitrogens is 2. The molecule has 4 rings (SSSR count). The second-order valence-electron chi connectivity index (χ2n) is 9.21. The van der Waals surface area contributed by atoms with Crippen LogP contribution in [0.5, 0.6) is 11.5 Å². The van der Waals surface area contributed by atoms with Crippen molar-refractivity contribution in [1.29, 1.82) is 0 Å². The summed E-state index contributed by atoms with van der Waals surface area (Å²) in [5.74, 6) is 1.63. The van der Waals surface area contributed by atoms with Crippen molar-refractivity contribution in [1.82, 2.24) is 14.5 Å². The van der Waals surface area contributed by atoms with Crippen LogP contribution in [0.3, 0.4) is 0 Å². The number of benzene rings is 2. The van der Waals surface area contributed by atoms with E-state index in [1.807, 2.05) is 24.8 Å². The summed E-state index contributed by atoms with van der Waals surface area (Å²) in [6.45, 7) is 6.27. The van der Waals surface area contributed by atoms with Gasteiger partial charge in [0.2, 0.25) is 5.91 Å². The number of hydrogen-bond donors (Lipinski definition) is 1. The van der Waals surface area contributed by atoms with Crippen molar-refractivity contribution in [3.63, 3.8) is 0 Å². The highest BCUT2D eigenvalue weighted by Crippen LogP contribution is 2.30. The summed E-state index contributed by atoms with van der Waals surface area (Å²) in [7, 11) is 0. The number of nitrogens with zero attached hydrogens (tertiary/aromatic N) is 2. The second kappa shape index (κ2) is 11.9. The lowest BCUT2D eigenvalue weighted by Crippen LogP contribution is -2.39. The highest BCUT2D eigenvalue weighted by molar-refractivity contribution is 5.81. The van der Waals surface area contributed by atoms with E-state index >= 15 is 0 Å². The first-order valence-corrected chi connectivity index (χ1v) is 12.9. The molecule has 2 heterocycles. The van der Waals surface area contributed by atoms with Gasteiger partial charge in [-0.05, 0) is 57.1 Å². The topological polar surface area (TPSA) is 93.6 Å². The molecule has 2 aromatic carbocycles. The molecule has 8 heteroatoms. The van der Waals surface area contributed by atoms with E-state index in [4.69, 9.17) is 9.47 Å². The van der Waals surface area contributed by atoms with E-state index in [1.54, 1.807) is 12.1 Å². The van der Waals surface area contributed by atoms with Crippen LogP contribution in [0.1, 0.15) is 45.1 Å². The average Bonchev–Trinajstić information content (AvgIpc) is 2.88. The first-order chi connectivity index (χ1) is 17.5. The molecule has 3 aromatic rings. The van der Waals surface area contributed by atoms with Crippen molar-refractivity contribution >= 4 is 16.8 Å². The lowest BCUT2D eigenvalue weighted by Gasteiger charge is -2.32. The van der Waals surface area contributed by atoms with Crippen LogP contribution in [0.2, 0.25) is 0 Å². The molecule has 1 fully saturated rings. The minimum absolute atomic E-state index is 0.0819. The van der Waals surface area contributed by atoms with Gasteiger partial charge in [0, 0.05) is 32.1 Å². The number of rotatable bonds is 10. The molecular weight excluding hydrogens is 458 g/mol. The summed E-state index contributed by atoms with van der Waals surface area (Å²) in [5, 5.41) is 0.355. The van der Waals surface area contributed by atoms with Gasteiger partial charge in [-0.1, -0.05) is 30.3 Å². The zero-order chi connectivity index (χ0) is 25.5. The van der Waals surface area contributed by atoms with E-state index in [-0.39, 0.29) is 12.5 Å². The van der Waals surface area contributed by atoms with Crippen molar-refractivity contribution in [2.75, 3.05) is 26.3 Å². The Kier molecular flexibility index (Phi) is 8.46. The molecule has 1 aliphatic heterocycles. The molecular formula is C28H35N3O5. The summed E-state index contributed by atoms with van der Waals surface area (Å²) < 4.78 is 12.4. The fraction of sp³-hybridized carbons (Fsp3) is 0.464. The number of amides is 1. The van der Waals surface area contributed by atoms with Gasteiger partial charge >= 0.3 is 5.69 Å². The van der Waals surface area contributed by atoms with Gasteiger partial charge in [-0.25, -0.2) is 4.79 Å². The maximum Gasteiger partial charge on any atom is 0.328 e. The summed E-state index contributed by atoms with van der Waals surface area (Å²) in [5.41, 5.74) is 0.860. The van der Waals surface area contributed by atoms with Crippen LogP contribution in [0.4, 0.5) is 0 Å². The number of ether oxygens (including phenoxy) is 2. The van der Waals surface area contributed by atoms with Crippen molar-refractivity contribution in [3.05, 3.63) is 68.9 Å². The van der Waals surface area contributed by atoms with Gasteiger partial charge in [0.1, 0.15) is 0 Å². The molecule has 1 aliphatic rings. The maximum atomic E-state index is 13.1. The molecule has 192 valence electrons. The summed E-state index contributed by atoms with van der Waals surface area (Å²) in [6.07, 6.45) is 3.77. The largest absolute Gasteiger partial charge is 0.490 e. The Balaban J connectivity index is 1.36. The van der Waals surface area contributed by atoms with E-state index in [1.165, 1.54) is 5.56 Å². The van der Waals surface area contributed by atoms with Gasteiger partial charge in [-0.15, -0.1) is 0 Å². The minimum atomic E-state index is -0.492. The molecule has 0 aliphatic carbocycles. The Hall–Kier alpha value is -3.55. The van der Waals surface area contributed by atoms with Crippen molar-refractivity contribution in [2.45, 2.75) is 52.5 Å².